The Morgan fingerprint density at radius 2 is 0.970 bits per heavy atom. The maximum Gasteiger partial charge on any atom is 0.471 e. The van der Waals surface area contributed by atoms with Crippen LogP contribution in [0.25, 0.3) is 0 Å². The number of phosphoric ester groups is 1. The van der Waals surface area contributed by atoms with Crippen molar-refractivity contribution in [2.75, 3.05) is 26.5 Å². The molecule has 0 amide bonds. The number of rotatable bonds is 23. The van der Waals surface area contributed by atoms with E-state index in [2.05, 4.69) is 36.7 Å². The third-order valence-electron chi connectivity index (χ3n) is 6.41. The Morgan fingerprint density at radius 1 is 0.636 bits per heavy atom. The van der Waals surface area contributed by atoms with Gasteiger partial charge >= 0.3 is 7.82 Å². The van der Waals surface area contributed by atoms with E-state index in [4.69, 9.17) is 4.89 Å². The summed E-state index contributed by atoms with van der Waals surface area (Å²) < 4.78 is 18.0. The summed E-state index contributed by atoms with van der Waals surface area (Å²) in [6.07, 6.45) is 29.5. The molecule has 0 aliphatic carbocycles. The van der Waals surface area contributed by atoms with Gasteiger partial charge in [0.1, 0.15) is 0 Å². The Kier molecular flexibility index (Phi) is 29.4. The van der Waals surface area contributed by atoms with Crippen LogP contribution in [-0.4, -0.2) is 37.1 Å². The van der Waals surface area contributed by atoms with Crippen LogP contribution in [0.5, 0.6) is 0 Å². The molecule has 0 heterocycles. The summed E-state index contributed by atoms with van der Waals surface area (Å²) >= 11 is 0. The van der Waals surface area contributed by atoms with E-state index in [-0.39, 0.29) is 0 Å². The second-order valence-corrected chi connectivity index (χ2v) is 14.1. The second kappa shape index (κ2) is 27.1. The largest absolute Gasteiger partial charge is 0.471 e. The number of hydrogen-bond donors (Lipinski definition) is 1. The normalized spacial score (nSPS) is 12.6. The molecule has 0 bridgehead atoms. The molecule has 0 rings (SSSR count). The monoisotopic (exact) mass is 510 g/mol. The Balaban J connectivity index is 0. The molecule has 0 aliphatic rings. The molecule has 4 nitrogen and oxygen atoms in total. The van der Waals surface area contributed by atoms with Crippen molar-refractivity contribution in [1.82, 2.24) is 0 Å². The van der Waals surface area contributed by atoms with Crippen LogP contribution >= 0.6 is 15.7 Å². The SMILES string of the molecule is CCCCCCCCP(CCCCCCCC)C(C)CCCCCCC.COP(=O)(O)OC. The third kappa shape index (κ3) is 27.0. The minimum Gasteiger partial charge on any atom is -0.303 e. The first-order chi connectivity index (χ1) is 15.9. The minimum atomic E-state index is -3.65. The average Bonchev–Trinajstić information content (AvgIpc) is 2.82. The molecule has 0 fully saturated rings. The highest BCUT2D eigenvalue weighted by atomic mass is 31.2. The zero-order valence-corrected chi connectivity index (χ0v) is 25.1. The van der Waals surface area contributed by atoms with Crippen molar-refractivity contribution < 1.29 is 18.5 Å². The van der Waals surface area contributed by atoms with Gasteiger partial charge in [-0.25, -0.2) is 4.57 Å². The zero-order valence-electron chi connectivity index (χ0n) is 23.3. The lowest BCUT2D eigenvalue weighted by Crippen LogP contribution is -2.06. The lowest BCUT2D eigenvalue weighted by molar-refractivity contribution is 0.204. The Morgan fingerprint density at radius 3 is 1.30 bits per heavy atom. The molecule has 1 atom stereocenters. The molecule has 33 heavy (non-hydrogen) atoms. The number of unbranched alkanes of at least 4 members (excludes halogenated alkanes) is 14. The van der Waals surface area contributed by atoms with Crippen LogP contribution in [0.3, 0.4) is 0 Å². The van der Waals surface area contributed by atoms with Crippen molar-refractivity contribution in [2.45, 2.75) is 149 Å². The molecule has 0 aromatic carbocycles. The van der Waals surface area contributed by atoms with Gasteiger partial charge in [-0.2, -0.15) is 0 Å². The van der Waals surface area contributed by atoms with E-state index in [0.29, 0.717) is 7.92 Å². The van der Waals surface area contributed by atoms with Crippen LogP contribution in [0.2, 0.25) is 0 Å². The van der Waals surface area contributed by atoms with E-state index < -0.39 is 7.82 Å². The van der Waals surface area contributed by atoms with Crippen LogP contribution in [0.15, 0.2) is 0 Å². The summed E-state index contributed by atoms with van der Waals surface area (Å²) in [5, 5.41) is 0. The highest BCUT2D eigenvalue weighted by Gasteiger charge is 2.16. The first kappa shape index (κ1) is 35.7. The maximum atomic E-state index is 10.1. The fraction of sp³-hybridized carbons (Fsp3) is 1.00. The van der Waals surface area contributed by atoms with Gasteiger partial charge in [-0.15, -0.1) is 7.92 Å². The summed E-state index contributed by atoms with van der Waals surface area (Å²) in [7, 11) is -1.15. The first-order valence-electron chi connectivity index (χ1n) is 14.1. The predicted octanol–water partition coefficient (Wildman–Crippen LogP) is 10.3. The second-order valence-electron chi connectivity index (χ2n) is 9.46. The van der Waals surface area contributed by atoms with Crippen LogP contribution in [0.4, 0.5) is 0 Å². The standard InChI is InChI=1S/C25H53P.C2H7O4P/c1-5-8-11-14-17-20-23-26(24-21-18-15-12-9-6-2)25(4)22-19-16-13-10-7-3;1-5-7(3,4)6-2/h25H,5-24H2,1-4H3;1-2H3,(H,3,4). The van der Waals surface area contributed by atoms with Crippen molar-refractivity contribution in [1.29, 1.82) is 0 Å². The van der Waals surface area contributed by atoms with Gasteiger partial charge in [-0.05, 0) is 37.2 Å². The highest BCUT2D eigenvalue weighted by Crippen LogP contribution is 2.45. The van der Waals surface area contributed by atoms with Gasteiger partial charge in [0.05, 0.1) is 0 Å². The average molecular weight is 511 g/mol. The van der Waals surface area contributed by atoms with Crippen LogP contribution in [0.1, 0.15) is 143 Å². The molecular formula is C27H60O4P2. The minimum absolute atomic E-state index is 0.305. The molecule has 0 radical (unpaired) electrons. The molecule has 0 saturated heterocycles. The van der Waals surface area contributed by atoms with Crippen molar-refractivity contribution in [3.8, 4) is 0 Å². The van der Waals surface area contributed by atoms with Crippen LogP contribution in [0, 0.1) is 0 Å². The quantitative estimate of drug-likeness (QED) is 0.110. The van der Waals surface area contributed by atoms with Gasteiger partial charge in [-0.1, -0.05) is 124 Å². The van der Waals surface area contributed by atoms with Crippen molar-refractivity contribution in [3.63, 3.8) is 0 Å². The van der Waals surface area contributed by atoms with E-state index in [9.17, 15) is 4.57 Å². The van der Waals surface area contributed by atoms with Crippen LogP contribution in [-0.2, 0) is 13.6 Å². The summed E-state index contributed by atoms with van der Waals surface area (Å²) in [6, 6.07) is 0. The third-order valence-corrected chi connectivity index (χ3v) is 10.6. The Bertz CT molecular complexity index is 397. The Labute approximate surface area is 209 Å². The molecular weight excluding hydrogens is 450 g/mol. The van der Waals surface area contributed by atoms with E-state index in [1.165, 1.54) is 116 Å². The van der Waals surface area contributed by atoms with Gasteiger partial charge in [0.25, 0.3) is 0 Å². The summed E-state index contributed by atoms with van der Waals surface area (Å²) in [4.78, 5) is 8.24. The van der Waals surface area contributed by atoms with Gasteiger partial charge in [0.2, 0.25) is 0 Å². The summed E-state index contributed by atoms with van der Waals surface area (Å²) in [5.41, 5.74) is 1.03. The van der Waals surface area contributed by atoms with Gasteiger partial charge in [-0.3, -0.25) is 9.05 Å². The fourth-order valence-electron chi connectivity index (χ4n) is 4.04. The van der Waals surface area contributed by atoms with E-state index in [1.54, 1.807) is 12.3 Å². The number of phosphoric acid groups is 1. The lowest BCUT2D eigenvalue weighted by atomic mass is 10.1. The summed E-state index contributed by atoms with van der Waals surface area (Å²) in [6.45, 7) is 9.56. The topological polar surface area (TPSA) is 55.8 Å². The first-order valence-corrected chi connectivity index (χ1v) is 17.3. The molecule has 0 aromatic rings. The zero-order chi connectivity index (χ0) is 25.2. The van der Waals surface area contributed by atoms with Crippen molar-refractivity contribution in [2.24, 2.45) is 0 Å². The molecule has 1 unspecified atom stereocenters. The smallest absolute Gasteiger partial charge is 0.303 e. The van der Waals surface area contributed by atoms with E-state index in [0.717, 1.165) is 19.9 Å². The summed E-state index contributed by atoms with van der Waals surface area (Å²) in [5.74, 6) is 0. The molecule has 0 saturated carbocycles. The predicted molar refractivity (Wildman–Crippen MR) is 150 cm³/mol. The highest BCUT2D eigenvalue weighted by molar-refractivity contribution is 7.58. The van der Waals surface area contributed by atoms with E-state index >= 15 is 0 Å². The fourth-order valence-corrected chi connectivity index (χ4v) is 7.10. The number of hydrogen-bond acceptors (Lipinski definition) is 3. The molecule has 0 spiro atoms. The van der Waals surface area contributed by atoms with E-state index in [1.807, 2.05) is 0 Å². The molecule has 0 aromatic heterocycles. The van der Waals surface area contributed by atoms with Gasteiger partial charge in [0, 0.05) is 14.2 Å². The molecule has 6 heteroatoms. The van der Waals surface area contributed by atoms with Gasteiger partial charge < -0.3 is 4.89 Å². The van der Waals surface area contributed by atoms with Crippen molar-refractivity contribution in [3.05, 3.63) is 0 Å². The maximum absolute atomic E-state index is 10.1. The van der Waals surface area contributed by atoms with Crippen LogP contribution < -0.4 is 0 Å². The molecule has 1 N–H and O–H groups in total. The van der Waals surface area contributed by atoms with Crippen molar-refractivity contribution >= 4 is 15.7 Å². The Hall–Kier alpha value is 0.540. The molecule has 202 valence electrons. The molecule has 0 aliphatic heterocycles. The van der Waals surface area contributed by atoms with Gasteiger partial charge in [0.15, 0.2) is 0 Å². The lowest BCUT2D eigenvalue weighted by Gasteiger charge is -2.25.